The van der Waals surface area contributed by atoms with Crippen LogP contribution in [0.3, 0.4) is 0 Å². The van der Waals surface area contributed by atoms with Gasteiger partial charge in [0.15, 0.2) is 11.5 Å². The quantitative estimate of drug-likeness (QED) is 0.601. The van der Waals surface area contributed by atoms with Crippen molar-refractivity contribution in [3.8, 4) is 11.5 Å². The lowest BCUT2D eigenvalue weighted by Gasteiger charge is -2.19. The summed E-state index contributed by atoms with van der Waals surface area (Å²) in [4.78, 5) is 18.4. The van der Waals surface area contributed by atoms with E-state index in [1.807, 2.05) is 49.4 Å². The zero-order valence-electron chi connectivity index (χ0n) is 16.3. The number of carbonyl (C=O) groups excluding carboxylic acids is 1. The summed E-state index contributed by atoms with van der Waals surface area (Å²) in [5, 5.41) is 4.09. The zero-order chi connectivity index (χ0) is 19.9. The average molecular weight is 380 g/mol. The fourth-order valence-electron chi connectivity index (χ4n) is 2.91. The molecule has 3 aromatic rings. The summed E-state index contributed by atoms with van der Waals surface area (Å²) in [6, 6.07) is 13.3. The molecule has 0 aliphatic carbocycles. The Morgan fingerprint density at radius 1 is 1.11 bits per heavy atom. The molecule has 1 heterocycles. The van der Waals surface area contributed by atoms with Gasteiger partial charge in [0.25, 0.3) is 5.91 Å². The minimum absolute atomic E-state index is 0.0415. The molecule has 28 heavy (non-hydrogen) atoms. The Bertz CT molecular complexity index is 908. The first-order valence-corrected chi connectivity index (χ1v) is 9.07. The summed E-state index contributed by atoms with van der Waals surface area (Å²) >= 11 is 0. The Morgan fingerprint density at radius 3 is 2.50 bits per heavy atom. The first kappa shape index (κ1) is 19.4. The highest BCUT2D eigenvalue weighted by Gasteiger charge is 2.14. The second-order valence-corrected chi connectivity index (χ2v) is 6.37. The van der Waals surface area contributed by atoms with E-state index >= 15 is 0 Å². The Hall–Kier alpha value is -3.35. The number of carbonyl (C=O) groups is 1. The van der Waals surface area contributed by atoms with Crippen LogP contribution in [0.1, 0.15) is 28.4 Å². The summed E-state index contributed by atoms with van der Waals surface area (Å²) in [6.45, 7) is 3.59. The maximum Gasteiger partial charge on any atom is 0.253 e. The van der Waals surface area contributed by atoms with Crippen LogP contribution in [0.4, 0.5) is 0 Å². The zero-order valence-corrected chi connectivity index (χ0v) is 16.3. The number of amides is 1. The van der Waals surface area contributed by atoms with E-state index in [0.717, 1.165) is 11.1 Å². The van der Waals surface area contributed by atoms with Crippen LogP contribution in [0.15, 0.2) is 55.1 Å². The van der Waals surface area contributed by atoms with Crippen molar-refractivity contribution in [2.45, 2.75) is 20.0 Å². The standard InChI is InChI=1S/C21H24N4O3/c1-4-28-19-10-7-17(11-20(19)27-3)12-24(2)21(26)18-8-5-16(6-9-18)13-25-15-22-14-23-25/h5-11,14-15H,4,12-13H2,1-3H3. The van der Waals surface area contributed by atoms with E-state index in [4.69, 9.17) is 9.47 Å². The largest absolute Gasteiger partial charge is 0.493 e. The van der Waals surface area contributed by atoms with Gasteiger partial charge in [-0.3, -0.25) is 4.79 Å². The highest BCUT2D eigenvalue weighted by Crippen LogP contribution is 2.28. The molecule has 0 aliphatic heterocycles. The first-order valence-electron chi connectivity index (χ1n) is 9.07. The van der Waals surface area contributed by atoms with Crippen molar-refractivity contribution in [3.63, 3.8) is 0 Å². The molecule has 146 valence electrons. The molecule has 0 spiro atoms. The molecule has 0 N–H and O–H groups in total. The van der Waals surface area contributed by atoms with Crippen LogP contribution < -0.4 is 9.47 Å². The van der Waals surface area contributed by atoms with Gasteiger partial charge in [0, 0.05) is 19.2 Å². The second-order valence-electron chi connectivity index (χ2n) is 6.37. The van der Waals surface area contributed by atoms with E-state index in [1.54, 1.807) is 30.1 Å². The highest BCUT2D eigenvalue weighted by molar-refractivity contribution is 5.94. The average Bonchev–Trinajstić information content (AvgIpc) is 3.22. The predicted molar refractivity (Wildman–Crippen MR) is 106 cm³/mol. The van der Waals surface area contributed by atoms with Crippen LogP contribution in [0.5, 0.6) is 11.5 Å². The third kappa shape index (κ3) is 4.68. The smallest absolute Gasteiger partial charge is 0.253 e. The van der Waals surface area contributed by atoms with Crippen LogP contribution in [0.2, 0.25) is 0 Å². The lowest BCUT2D eigenvalue weighted by Crippen LogP contribution is -2.26. The summed E-state index contributed by atoms with van der Waals surface area (Å²) in [7, 11) is 3.39. The number of nitrogens with zero attached hydrogens (tertiary/aromatic N) is 4. The van der Waals surface area contributed by atoms with Crippen LogP contribution in [-0.4, -0.2) is 46.3 Å². The van der Waals surface area contributed by atoms with Crippen LogP contribution in [0, 0.1) is 0 Å². The lowest BCUT2D eigenvalue weighted by molar-refractivity contribution is 0.0785. The van der Waals surface area contributed by atoms with Crippen molar-refractivity contribution >= 4 is 5.91 Å². The summed E-state index contributed by atoms with van der Waals surface area (Å²) < 4.78 is 12.7. The molecule has 7 heteroatoms. The molecule has 0 aliphatic rings. The Labute approximate surface area is 164 Å². The van der Waals surface area contributed by atoms with Gasteiger partial charge >= 0.3 is 0 Å². The molecule has 7 nitrogen and oxygen atoms in total. The number of ether oxygens (including phenoxy) is 2. The van der Waals surface area contributed by atoms with Crippen molar-refractivity contribution in [3.05, 3.63) is 71.8 Å². The number of benzene rings is 2. The van der Waals surface area contributed by atoms with Crippen LogP contribution in [-0.2, 0) is 13.1 Å². The third-order valence-electron chi connectivity index (χ3n) is 4.31. The van der Waals surface area contributed by atoms with Crippen molar-refractivity contribution in [2.75, 3.05) is 20.8 Å². The minimum atomic E-state index is -0.0415. The Morgan fingerprint density at radius 2 is 1.86 bits per heavy atom. The Balaban J connectivity index is 1.65. The molecule has 0 saturated heterocycles. The van der Waals surface area contributed by atoms with E-state index < -0.39 is 0 Å². The number of aromatic nitrogens is 3. The number of methoxy groups -OCH3 is 1. The molecule has 0 radical (unpaired) electrons. The van der Waals surface area contributed by atoms with Gasteiger partial charge in [-0.05, 0) is 42.3 Å². The van der Waals surface area contributed by atoms with Crippen molar-refractivity contribution in [1.29, 1.82) is 0 Å². The molecule has 3 rings (SSSR count). The van der Waals surface area contributed by atoms with Gasteiger partial charge in [-0.25, -0.2) is 9.67 Å². The highest BCUT2D eigenvalue weighted by atomic mass is 16.5. The van der Waals surface area contributed by atoms with E-state index in [1.165, 1.54) is 6.33 Å². The summed E-state index contributed by atoms with van der Waals surface area (Å²) in [6.07, 6.45) is 3.17. The van der Waals surface area contributed by atoms with Gasteiger partial charge in [-0.15, -0.1) is 0 Å². The van der Waals surface area contributed by atoms with E-state index in [2.05, 4.69) is 10.1 Å². The molecule has 0 unspecified atom stereocenters. The molecular weight excluding hydrogens is 356 g/mol. The molecule has 1 amide bonds. The third-order valence-corrected chi connectivity index (χ3v) is 4.31. The summed E-state index contributed by atoms with van der Waals surface area (Å²) in [5.41, 5.74) is 2.67. The maximum atomic E-state index is 12.7. The van der Waals surface area contributed by atoms with Crippen LogP contribution >= 0.6 is 0 Å². The minimum Gasteiger partial charge on any atom is -0.493 e. The van der Waals surface area contributed by atoms with Gasteiger partial charge in [0.05, 0.1) is 20.3 Å². The Kier molecular flexibility index (Phi) is 6.26. The van der Waals surface area contributed by atoms with E-state index in [-0.39, 0.29) is 5.91 Å². The van der Waals surface area contributed by atoms with Gasteiger partial charge in [-0.1, -0.05) is 18.2 Å². The maximum absolute atomic E-state index is 12.7. The van der Waals surface area contributed by atoms with Gasteiger partial charge in [0.2, 0.25) is 0 Å². The van der Waals surface area contributed by atoms with Gasteiger partial charge in [0.1, 0.15) is 12.7 Å². The summed E-state index contributed by atoms with van der Waals surface area (Å²) in [5.74, 6) is 1.32. The monoisotopic (exact) mass is 380 g/mol. The molecule has 0 fully saturated rings. The normalized spacial score (nSPS) is 10.5. The van der Waals surface area contributed by atoms with Crippen molar-refractivity contribution in [1.82, 2.24) is 19.7 Å². The molecule has 2 aromatic carbocycles. The predicted octanol–water partition coefficient (Wildman–Crippen LogP) is 3.01. The van der Waals surface area contributed by atoms with Gasteiger partial charge in [-0.2, -0.15) is 5.10 Å². The fraction of sp³-hybridized carbons (Fsp3) is 0.286. The number of hydrogen-bond donors (Lipinski definition) is 0. The molecule has 0 atom stereocenters. The molecular formula is C21H24N4O3. The number of rotatable bonds is 8. The molecule has 0 saturated carbocycles. The van der Waals surface area contributed by atoms with Gasteiger partial charge < -0.3 is 14.4 Å². The van der Waals surface area contributed by atoms with E-state index in [9.17, 15) is 4.79 Å². The molecule has 1 aromatic heterocycles. The van der Waals surface area contributed by atoms with Crippen molar-refractivity contribution < 1.29 is 14.3 Å². The topological polar surface area (TPSA) is 69.5 Å². The second kappa shape index (κ2) is 9.03. The SMILES string of the molecule is CCOc1ccc(CN(C)C(=O)c2ccc(Cn3cncn3)cc2)cc1OC. The fourth-order valence-corrected chi connectivity index (χ4v) is 2.91. The lowest BCUT2D eigenvalue weighted by atomic mass is 10.1. The molecule has 0 bridgehead atoms. The first-order chi connectivity index (χ1) is 13.6. The van der Waals surface area contributed by atoms with Crippen LogP contribution in [0.25, 0.3) is 0 Å². The van der Waals surface area contributed by atoms with E-state index in [0.29, 0.717) is 36.8 Å². The van der Waals surface area contributed by atoms with Crippen molar-refractivity contribution in [2.24, 2.45) is 0 Å². The number of hydrogen-bond acceptors (Lipinski definition) is 5.